The third-order valence-corrected chi connectivity index (χ3v) is 6.97. The lowest BCUT2D eigenvalue weighted by atomic mass is 10.0. The van der Waals surface area contributed by atoms with Crippen LogP contribution >= 0.6 is 0 Å². The summed E-state index contributed by atoms with van der Waals surface area (Å²) in [6.45, 7) is 2.47. The third-order valence-electron chi connectivity index (χ3n) is 6.97. The Labute approximate surface area is 257 Å². The molecule has 230 valence electrons. The van der Waals surface area contributed by atoms with Crippen LogP contribution in [0.2, 0.25) is 0 Å². The number of ether oxygens (including phenoxy) is 2. The fourth-order valence-corrected chi connectivity index (χ4v) is 4.52. The molecular weight excluding hydrogens is 560 g/mol. The van der Waals surface area contributed by atoms with Crippen LogP contribution < -0.4 is 20.9 Å². The molecule has 44 heavy (non-hydrogen) atoms. The first-order valence-corrected chi connectivity index (χ1v) is 14.3. The highest BCUT2D eigenvalue weighted by Gasteiger charge is 2.29. The van der Waals surface area contributed by atoms with Crippen molar-refractivity contribution < 1.29 is 23.9 Å². The molecule has 1 aromatic heterocycles. The second kappa shape index (κ2) is 16.5. The maximum atomic E-state index is 14.0. The van der Waals surface area contributed by atoms with Crippen molar-refractivity contribution in [3.8, 4) is 5.75 Å². The summed E-state index contributed by atoms with van der Waals surface area (Å²) in [5.74, 6) is -0.0431. The van der Waals surface area contributed by atoms with Crippen molar-refractivity contribution in [2.24, 2.45) is 0 Å². The maximum Gasteiger partial charge on any atom is 0.408 e. The SMILES string of the molecule is COc1ccc(CN(CC(=O)NNCC(C)c2ccccc2)C(=O)[C@H](Cc2cnc[nH]2)NC(=O)OCc2ccccc2)cc1. The summed E-state index contributed by atoms with van der Waals surface area (Å²) < 4.78 is 10.6. The van der Waals surface area contributed by atoms with E-state index in [-0.39, 0.29) is 32.0 Å². The van der Waals surface area contributed by atoms with Crippen molar-refractivity contribution >= 4 is 17.9 Å². The van der Waals surface area contributed by atoms with Crippen LogP contribution in [0.4, 0.5) is 4.79 Å². The fourth-order valence-electron chi connectivity index (χ4n) is 4.52. The molecule has 2 atom stereocenters. The molecule has 0 saturated carbocycles. The van der Waals surface area contributed by atoms with Crippen LogP contribution in [0.25, 0.3) is 0 Å². The van der Waals surface area contributed by atoms with Gasteiger partial charge in [-0.1, -0.05) is 79.7 Å². The third kappa shape index (κ3) is 9.99. The van der Waals surface area contributed by atoms with Crippen molar-refractivity contribution in [3.63, 3.8) is 0 Å². The van der Waals surface area contributed by atoms with E-state index in [1.807, 2.05) is 72.8 Å². The Kier molecular flexibility index (Phi) is 11.9. The molecule has 4 rings (SSSR count). The number of carbonyl (C=O) groups excluding carboxylic acids is 3. The molecule has 3 amide bonds. The van der Waals surface area contributed by atoms with Crippen LogP contribution in [-0.2, 0) is 33.9 Å². The second-order valence-electron chi connectivity index (χ2n) is 10.3. The van der Waals surface area contributed by atoms with Gasteiger partial charge in [-0.25, -0.2) is 15.2 Å². The molecule has 0 bridgehead atoms. The van der Waals surface area contributed by atoms with E-state index in [0.717, 1.165) is 16.7 Å². The van der Waals surface area contributed by atoms with Gasteiger partial charge in [-0.15, -0.1) is 0 Å². The van der Waals surface area contributed by atoms with Crippen LogP contribution in [0.15, 0.2) is 97.5 Å². The summed E-state index contributed by atoms with van der Waals surface area (Å²) in [7, 11) is 1.57. The van der Waals surface area contributed by atoms with Gasteiger partial charge in [-0.2, -0.15) is 0 Å². The van der Waals surface area contributed by atoms with E-state index in [4.69, 9.17) is 9.47 Å². The Hall–Kier alpha value is -5.16. The van der Waals surface area contributed by atoms with E-state index in [9.17, 15) is 14.4 Å². The van der Waals surface area contributed by atoms with Crippen LogP contribution in [0.5, 0.6) is 5.75 Å². The molecule has 11 heteroatoms. The topological polar surface area (TPSA) is 138 Å². The number of aromatic nitrogens is 2. The van der Waals surface area contributed by atoms with E-state index in [2.05, 4.69) is 33.1 Å². The summed E-state index contributed by atoms with van der Waals surface area (Å²) in [5, 5.41) is 2.69. The van der Waals surface area contributed by atoms with E-state index in [0.29, 0.717) is 18.0 Å². The van der Waals surface area contributed by atoms with Crippen LogP contribution in [-0.4, -0.2) is 59.0 Å². The lowest BCUT2D eigenvalue weighted by Crippen LogP contribution is -2.53. The van der Waals surface area contributed by atoms with Gasteiger partial charge in [0.2, 0.25) is 5.91 Å². The van der Waals surface area contributed by atoms with Crippen molar-refractivity contribution in [2.75, 3.05) is 20.2 Å². The Morgan fingerprint density at radius 2 is 1.64 bits per heavy atom. The standard InChI is InChI=1S/C33H38N6O5/c1-24(27-11-7-4-8-12-27)18-36-38-31(40)21-39(20-25-13-15-29(43-2)16-14-25)32(41)30(17-28-19-34-23-35-28)37-33(42)44-22-26-9-5-3-6-10-26/h3-16,19,23-24,30,36H,17-18,20-22H2,1-2H3,(H,34,35)(H,37,42)(H,38,40)/t24?,30-/m0/s1. The molecule has 0 aliphatic carbocycles. The number of alkyl carbamates (subject to hydrolysis) is 1. The number of hydrazine groups is 1. The number of rotatable bonds is 15. The summed E-state index contributed by atoms with van der Waals surface area (Å²) in [6.07, 6.45) is 2.44. The van der Waals surface area contributed by atoms with Crippen molar-refractivity contribution in [1.29, 1.82) is 0 Å². The first-order chi connectivity index (χ1) is 21.4. The monoisotopic (exact) mass is 598 g/mol. The molecular formula is C33H38N6O5. The largest absolute Gasteiger partial charge is 0.497 e. The molecule has 11 nitrogen and oxygen atoms in total. The highest BCUT2D eigenvalue weighted by molar-refractivity contribution is 5.89. The van der Waals surface area contributed by atoms with Crippen molar-refractivity contribution in [3.05, 3.63) is 120 Å². The van der Waals surface area contributed by atoms with E-state index >= 15 is 0 Å². The number of H-pyrrole nitrogens is 1. The van der Waals surface area contributed by atoms with Crippen LogP contribution in [0.1, 0.15) is 35.2 Å². The average Bonchev–Trinajstić information content (AvgIpc) is 3.57. The Bertz CT molecular complexity index is 1450. The zero-order valence-corrected chi connectivity index (χ0v) is 24.9. The number of methoxy groups -OCH3 is 1. The molecule has 0 spiro atoms. The lowest BCUT2D eigenvalue weighted by molar-refractivity contribution is -0.138. The van der Waals surface area contributed by atoms with Gasteiger partial charge in [-0.3, -0.25) is 15.0 Å². The minimum Gasteiger partial charge on any atom is -0.497 e. The summed E-state index contributed by atoms with van der Waals surface area (Å²) in [6, 6.07) is 25.4. The number of imidazole rings is 1. The zero-order chi connectivity index (χ0) is 31.1. The molecule has 4 N–H and O–H groups in total. The fraction of sp³-hybridized carbons (Fsp3) is 0.273. The van der Waals surface area contributed by atoms with E-state index in [1.54, 1.807) is 25.4 Å². The van der Waals surface area contributed by atoms with Gasteiger partial charge in [-0.05, 0) is 34.7 Å². The molecule has 1 heterocycles. The Morgan fingerprint density at radius 3 is 2.30 bits per heavy atom. The Morgan fingerprint density at radius 1 is 0.932 bits per heavy atom. The summed E-state index contributed by atoms with van der Waals surface area (Å²) in [4.78, 5) is 48.3. The highest BCUT2D eigenvalue weighted by Crippen LogP contribution is 2.15. The minimum atomic E-state index is -1.03. The number of amides is 3. The number of hydrogen-bond acceptors (Lipinski definition) is 7. The number of nitrogens with one attached hydrogen (secondary N) is 4. The molecule has 0 fully saturated rings. The van der Waals surface area contributed by atoms with Gasteiger partial charge in [0.05, 0.1) is 13.4 Å². The van der Waals surface area contributed by atoms with Gasteiger partial charge in [0, 0.05) is 31.4 Å². The van der Waals surface area contributed by atoms with Crippen LogP contribution in [0.3, 0.4) is 0 Å². The lowest BCUT2D eigenvalue weighted by Gasteiger charge is -2.27. The number of hydrogen-bond donors (Lipinski definition) is 4. The number of carbonyl (C=O) groups is 3. The normalized spacial score (nSPS) is 12.0. The first kappa shape index (κ1) is 31.8. The highest BCUT2D eigenvalue weighted by atomic mass is 16.5. The molecule has 0 radical (unpaired) electrons. The summed E-state index contributed by atoms with van der Waals surface area (Å²) >= 11 is 0. The van der Waals surface area contributed by atoms with E-state index < -0.39 is 23.9 Å². The van der Waals surface area contributed by atoms with Gasteiger partial charge in [0.15, 0.2) is 0 Å². The molecule has 1 unspecified atom stereocenters. The average molecular weight is 599 g/mol. The quantitative estimate of drug-likeness (QED) is 0.153. The summed E-state index contributed by atoms with van der Waals surface area (Å²) in [5.41, 5.74) is 9.05. The Balaban J connectivity index is 1.45. The van der Waals surface area contributed by atoms with Gasteiger partial charge in [0.25, 0.3) is 5.91 Å². The number of aromatic amines is 1. The van der Waals surface area contributed by atoms with Crippen molar-refractivity contribution in [2.45, 2.75) is 38.5 Å². The molecule has 4 aromatic rings. The van der Waals surface area contributed by atoms with Crippen LogP contribution in [0, 0.1) is 0 Å². The van der Waals surface area contributed by atoms with Gasteiger partial charge >= 0.3 is 6.09 Å². The zero-order valence-electron chi connectivity index (χ0n) is 24.9. The van der Waals surface area contributed by atoms with Crippen molar-refractivity contribution in [1.82, 2.24) is 31.0 Å². The smallest absolute Gasteiger partial charge is 0.408 e. The maximum absolute atomic E-state index is 14.0. The predicted molar refractivity (Wildman–Crippen MR) is 165 cm³/mol. The predicted octanol–water partition coefficient (Wildman–Crippen LogP) is 3.71. The molecule has 3 aromatic carbocycles. The van der Waals surface area contributed by atoms with Gasteiger partial charge in [0.1, 0.15) is 24.9 Å². The molecule has 0 saturated heterocycles. The number of benzene rings is 3. The molecule has 0 aliphatic heterocycles. The minimum absolute atomic E-state index is 0.0443. The second-order valence-corrected chi connectivity index (χ2v) is 10.3. The first-order valence-electron chi connectivity index (χ1n) is 14.3. The molecule has 0 aliphatic rings. The number of nitrogens with zero attached hydrogens (tertiary/aromatic N) is 2. The van der Waals surface area contributed by atoms with Gasteiger partial charge < -0.3 is 24.7 Å². The van der Waals surface area contributed by atoms with E-state index in [1.165, 1.54) is 11.2 Å².